The van der Waals surface area contributed by atoms with Crippen molar-refractivity contribution < 1.29 is 19.1 Å². The van der Waals surface area contributed by atoms with Crippen LogP contribution < -0.4 is 19.7 Å². The first kappa shape index (κ1) is 20.1. The number of piperidine rings is 1. The van der Waals surface area contributed by atoms with E-state index < -0.39 is 0 Å². The van der Waals surface area contributed by atoms with Crippen LogP contribution in [0.2, 0.25) is 0 Å². The Morgan fingerprint density at radius 2 is 1.97 bits per heavy atom. The van der Waals surface area contributed by atoms with Crippen molar-refractivity contribution in [2.24, 2.45) is 0 Å². The predicted molar refractivity (Wildman–Crippen MR) is 116 cm³/mol. The second kappa shape index (κ2) is 8.26. The van der Waals surface area contributed by atoms with Crippen molar-refractivity contribution in [2.45, 2.75) is 32.4 Å². The van der Waals surface area contributed by atoms with E-state index in [1.54, 1.807) is 44.6 Å². The lowest BCUT2D eigenvalue weighted by Gasteiger charge is -2.47. The lowest BCUT2D eigenvalue weighted by molar-refractivity contribution is 0.0582. The van der Waals surface area contributed by atoms with Crippen molar-refractivity contribution >= 4 is 23.2 Å². The topological polar surface area (TPSA) is 71.1 Å². The first-order chi connectivity index (χ1) is 14.6. The quantitative estimate of drug-likeness (QED) is 0.814. The number of carbonyl (C=O) groups is 2. The van der Waals surface area contributed by atoms with E-state index in [4.69, 9.17) is 9.47 Å². The maximum absolute atomic E-state index is 13.0. The fourth-order valence-electron chi connectivity index (χ4n) is 4.36. The van der Waals surface area contributed by atoms with E-state index in [2.05, 4.69) is 17.1 Å². The fraction of sp³-hybridized carbons (Fsp3) is 0.391. The van der Waals surface area contributed by atoms with Crippen molar-refractivity contribution in [3.05, 3.63) is 47.5 Å². The maximum Gasteiger partial charge on any atom is 0.257 e. The molecule has 7 heteroatoms. The molecular weight excluding hydrogens is 382 g/mol. The number of benzene rings is 2. The number of methoxy groups -OCH3 is 2. The molecule has 0 saturated carbocycles. The molecule has 2 amide bonds. The van der Waals surface area contributed by atoms with Crippen molar-refractivity contribution in [1.29, 1.82) is 0 Å². The summed E-state index contributed by atoms with van der Waals surface area (Å²) in [5.41, 5.74) is 2.55. The SMILES string of the molecule is CCN1c2cc(C(=O)Nc3ccc(OC)cc3OC)ccc2C(=O)N2CCCC[C@@H]21. The summed E-state index contributed by atoms with van der Waals surface area (Å²) in [5.74, 6) is 0.968. The van der Waals surface area contributed by atoms with Gasteiger partial charge in [0.1, 0.15) is 17.7 Å². The van der Waals surface area contributed by atoms with Crippen LogP contribution in [0.3, 0.4) is 0 Å². The summed E-state index contributed by atoms with van der Waals surface area (Å²) in [6, 6.07) is 10.5. The second-order valence-corrected chi connectivity index (χ2v) is 7.51. The Bertz CT molecular complexity index is 975. The van der Waals surface area contributed by atoms with Gasteiger partial charge in [-0.2, -0.15) is 0 Å². The van der Waals surface area contributed by atoms with Crippen LogP contribution in [0.4, 0.5) is 11.4 Å². The summed E-state index contributed by atoms with van der Waals surface area (Å²) < 4.78 is 10.6. The summed E-state index contributed by atoms with van der Waals surface area (Å²) in [6.45, 7) is 3.65. The molecule has 2 aromatic carbocycles. The van der Waals surface area contributed by atoms with Gasteiger partial charge < -0.3 is 24.6 Å². The Morgan fingerprint density at radius 3 is 2.70 bits per heavy atom. The maximum atomic E-state index is 13.0. The molecule has 1 fully saturated rings. The molecule has 2 heterocycles. The first-order valence-electron chi connectivity index (χ1n) is 10.3. The molecule has 0 radical (unpaired) electrons. The highest BCUT2D eigenvalue weighted by atomic mass is 16.5. The van der Waals surface area contributed by atoms with Gasteiger partial charge in [-0.25, -0.2) is 0 Å². The molecule has 158 valence electrons. The standard InChI is InChI=1S/C23H27N3O4/c1-4-25-19-13-15(8-10-17(19)23(28)26-12-6-5-7-21(25)26)22(27)24-18-11-9-16(29-2)14-20(18)30-3/h8-11,13-14,21H,4-7,12H2,1-3H3,(H,24,27)/t21-/m1/s1. The van der Waals surface area contributed by atoms with E-state index in [1.165, 1.54) is 0 Å². The van der Waals surface area contributed by atoms with Crippen molar-refractivity contribution in [1.82, 2.24) is 4.90 Å². The number of fused-ring (bicyclic) bond motifs is 2. The van der Waals surface area contributed by atoms with Crippen LogP contribution in [-0.4, -0.2) is 50.2 Å². The minimum atomic E-state index is -0.254. The molecule has 30 heavy (non-hydrogen) atoms. The van der Waals surface area contributed by atoms with Crippen LogP contribution in [0.5, 0.6) is 11.5 Å². The number of ether oxygens (including phenoxy) is 2. The number of amides is 2. The van der Waals surface area contributed by atoms with Gasteiger partial charge in [0, 0.05) is 24.7 Å². The normalized spacial score (nSPS) is 17.8. The van der Waals surface area contributed by atoms with Crippen molar-refractivity contribution in [3.63, 3.8) is 0 Å². The fourth-order valence-corrected chi connectivity index (χ4v) is 4.36. The molecule has 0 bridgehead atoms. The van der Waals surface area contributed by atoms with Gasteiger partial charge in [0.2, 0.25) is 0 Å². The van der Waals surface area contributed by atoms with Gasteiger partial charge >= 0.3 is 0 Å². The first-order valence-corrected chi connectivity index (χ1v) is 10.3. The molecule has 7 nitrogen and oxygen atoms in total. The van der Waals surface area contributed by atoms with Crippen LogP contribution >= 0.6 is 0 Å². The third-order valence-corrected chi connectivity index (χ3v) is 5.89. The zero-order chi connectivity index (χ0) is 21.3. The highest BCUT2D eigenvalue weighted by Gasteiger charge is 2.38. The number of hydrogen-bond acceptors (Lipinski definition) is 5. The molecule has 1 atom stereocenters. The van der Waals surface area contributed by atoms with Crippen molar-refractivity contribution in [3.8, 4) is 11.5 Å². The molecule has 0 aliphatic carbocycles. The van der Waals surface area contributed by atoms with Gasteiger partial charge in [0.05, 0.1) is 31.2 Å². The minimum absolute atomic E-state index is 0.0585. The summed E-state index contributed by atoms with van der Waals surface area (Å²) in [7, 11) is 3.12. The summed E-state index contributed by atoms with van der Waals surface area (Å²) in [4.78, 5) is 30.2. The zero-order valence-electron chi connectivity index (χ0n) is 17.6. The number of nitrogens with one attached hydrogen (secondary N) is 1. The molecule has 4 rings (SSSR count). The molecule has 2 aromatic rings. The number of carbonyl (C=O) groups excluding carboxylic acids is 2. The average molecular weight is 409 g/mol. The summed E-state index contributed by atoms with van der Waals surface area (Å²) >= 11 is 0. The highest BCUT2D eigenvalue weighted by molar-refractivity contribution is 6.08. The predicted octanol–water partition coefficient (Wildman–Crippen LogP) is 3.75. The van der Waals surface area contributed by atoms with Crippen molar-refractivity contribution in [2.75, 3.05) is 37.5 Å². The van der Waals surface area contributed by atoms with Gasteiger partial charge in [-0.15, -0.1) is 0 Å². The zero-order valence-corrected chi connectivity index (χ0v) is 17.6. The molecule has 2 aliphatic heterocycles. The number of hydrogen-bond donors (Lipinski definition) is 1. The molecule has 2 aliphatic rings. The van der Waals surface area contributed by atoms with Gasteiger partial charge in [-0.3, -0.25) is 9.59 Å². The van der Waals surface area contributed by atoms with Gasteiger partial charge in [-0.05, 0) is 56.5 Å². The monoisotopic (exact) mass is 409 g/mol. The van der Waals surface area contributed by atoms with E-state index in [9.17, 15) is 9.59 Å². The molecule has 1 saturated heterocycles. The largest absolute Gasteiger partial charge is 0.497 e. The van der Waals surface area contributed by atoms with E-state index in [1.807, 2.05) is 11.0 Å². The minimum Gasteiger partial charge on any atom is -0.497 e. The third-order valence-electron chi connectivity index (χ3n) is 5.89. The van der Waals surface area contributed by atoms with Crippen LogP contribution in [-0.2, 0) is 0 Å². The molecular formula is C23H27N3O4. The molecule has 0 spiro atoms. The van der Waals surface area contributed by atoms with E-state index in [0.29, 0.717) is 28.3 Å². The summed E-state index contributed by atoms with van der Waals surface area (Å²) in [5, 5.41) is 2.90. The Morgan fingerprint density at radius 1 is 1.13 bits per heavy atom. The Labute approximate surface area is 176 Å². The Hall–Kier alpha value is -3.22. The van der Waals surface area contributed by atoms with Gasteiger partial charge in [-0.1, -0.05) is 0 Å². The third kappa shape index (κ3) is 3.44. The Balaban J connectivity index is 1.64. The van der Waals surface area contributed by atoms with E-state index in [-0.39, 0.29) is 18.0 Å². The molecule has 1 N–H and O–H groups in total. The second-order valence-electron chi connectivity index (χ2n) is 7.51. The smallest absolute Gasteiger partial charge is 0.257 e. The van der Waals surface area contributed by atoms with Gasteiger partial charge in [0.25, 0.3) is 11.8 Å². The van der Waals surface area contributed by atoms with Crippen LogP contribution in [0.15, 0.2) is 36.4 Å². The van der Waals surface area contributed by atoms with Crippen LogP contribution in [0, 0.1) is 0 Å². The van der Waals surface area contributed by atoms with Crippen LogP contribution in [0.25, 0.3) is 0 Å². The lowest BCUT2D eigenvalue weighted by Crippen LogP contribution is -2.57. The van der Waals surface area contributed by atoms with E-state index in [0.717, 1.165) is 38.0 Å². The molecule has 0 aromatic heterocycles. The van der Waals surface area contributed by atoms with Gasteiger partial charge in [0.15, 0.2) is 0 Å². The summed E-state index contributed by atoms with van der Waals surface area (Å²) in [6.07, 6.45) is 3.18. The van der Waals surface area contributed by atoms with Crippen LogP contribution in [0.1, 0.15) is 46.9 Å². The lowest BCUT2D eigenvalue weighted by atomic mass is 9.97. The average Bonchev–Trinajstić information content (AvgIpc) is 2.79. The Kier molecular flexibility index (Phi) is 5.53. The highest BCUT2D eigenvalue weighted by Crippen LogP contribution is 2.36. The number of rotatable bonds is 5. The molecule has 0 unspecified atom stereocenters. The number of anilines is 2. The van der Waals surface area contributed by atoms with E-state index >= 15 is 0 Å². The number of nitrogens with zero attached hydrogens (tertiary/aromatic N) is 2.